The van der Waals surface area contributed by atoms with Crippen LogP contribution in [0.4, 0.5) is 0 Å². The monoisotopic (exact) mass is 399 g/mol. The van der Waals surface area contributed by atoms with Crippen molar-refractivity contribution in [3.8, 4) is 0 Å². The molecular formula is C22H29N3O2S. The number of carbonyl (C=O) groups excluding carboxylic acids is 2. The van der Waals surface area contributed by atoms with Gasteiger partial charge in [0.2, 0.25) is 5.91 Å². The van der Waals surface area contributed by atoms with Gasteiger partial charge in [-0.2, -0.15) is 0 Å². The summed E-state index contributed by atoms with van der Waals surface area (Å²) in [6.45, 7) is 2.20. The van der Waals surface area contributed by atoms with Crippen molar-refractivity contribution >= 4 is 33.2 Å². The molecule has 0 bridgehead atoms. The molecule has 2 fully saturated rings. The van der Waals surface area contributed by atoms with Crippen LogP contribution in [-0.4, -0.2) is 49.4 Å². The molecule has 0 spiro atoms. The molecule has 1 saturated heterocycles. The highest BCUT2D eigenvalue weighted by Crippen LogP contribution is 2.40. The molecule has 1 aromatic carbocycles. The van der Waals surface area contributed by atoms with Crippen molar-refractivity contribution in [2.75, 3.05) is 26.7 Å². The minimum Gasteiger partial charge on any atom is -0.354 e. The van der Waals surface area contributed by atoms with Crippen LogP contribution in [0.2, 0.25) is 0 Å². The molecule has 1 atom stereocenters. The van der Waals surface area contributed by atoms with Gasteiger partial charge in [-0.05, 0) is 42.8 Å². The first-order valence-electron chi connectivity index (χ1n) is 10.4. The molecule has 0 unspecified atom stereocenters. The van der Waals surface area contributed by atoms with E-state index < -0.39 is 0 Å². The third-order valence-electron chi connectivity index (χ3n) is 6.09. The molecule has 2 aliphatic rings. The summed E-state index contributed by atoms with van der Waals surface area (Å²) in [6, 6.07) is 8.62. The Kier molecular flexibility index (Phi) is 5.97. The molecular weight excluding hydrogens is 370 g/mol. The van der Waals surface area contributed by atoms with Crippen molar-refractivity contribution in [2.24, 2.45) is 0 Å². The Hall–Kier alpha value is -1.92. The third kappa shape index (κ3) is 4.08. The lowest BCUT2D eigenvalue weighted by Crippen LogP contribution is -2.42. The number of rotatable bonds is 5. The van der Waals surface area contributed by atoms with E-state index in [0.717, 1.165) is 47.5 Å². The van der Waals surface area contributed by atoms with E-state index in [4.69, 9.17) is 0 Å². The summed E-state index contributed by atoms with van der Waals surface area (Å²) in [7, 11) is 1.69. The van der Waals surface area contributed by atoms with Crippen molar-refractivity contribution in [3.63, 3.8) is 0 Å². The number of fused-ring (bicyclic) bond motifs is 1. The molecule has 5 nitrogen and oxygen atoms in total. The Labute approximate surface area is 170 Å². The summed E-state index contributed by atoms with van der Waals surface area (Å²) in [5.74, 6) is 0.435. The van der Waals surface area contributed by atoms with Crippen LogP contribution < -0.4 is 10.6 Å². The molecule has 1 aromatic heterocycles. The second kappa shape index (κ2) is 8.62. The van der Waals surface area contributed by atoms with E-state index in [1.165, 1.54) is 24.6 Å². The Balaban J connectivity index is 1.45. The van der Waals surface area contributed by atoms with Crippen LogP contribution in [-0.2, 0) is 4.79 Å². The van der Waals surface area contributed by atoms with Gasteiger partial charge < -0.3 is 10.6 Å². The van der Waals surface area contributed by atoms with Gasteiger partial charge in [0, 0.05) is 30.3 Å². The van der Waals surface area contributed by atoms with Crippen molar-refractivity contribution in [1.29, 1.82) is 0 Å². The predicted molar refractivity (Wildman–Crippen MR) is 114 cm³/mol. The highest BCUT2D eigenvalue weighted by Gasteiger charge is 2.31. The number of benzene rings is 1. The number of hydrogen-bond acceptors (Lipinski definition) is 4. The molecule has 150 valence electrons. The highest BCUT2D eigenvalue weighted by molar-refractivity contribution is 7.21. The quantitative estimate of drug-likeness (QED) is 0.809. The molecule has 6 heteroatoms. The Morgan fingerprint density at radius 1 is 1.14 bits per heavy atom. The fourth-order valence-electron chi connectivity index (χ4n) is 4.69. The van der Waals surface area contributed by atoms with Gasteiger partial charge in [-0.15, -0.1) is 11.3 Å². The average Bonchev–Trinajstić information content (AvgIpc) is 3.32. The van der Waals surface area contributed by atoms with Crippen LogP contribution in [0.3, 0.4) is 0 Å². The van der Waals surface area contributed by atoms with E-state index in [9.17, 15) is 9.59 Å². The molecule has 0 radical (unpaired) electrons. The van der Waals surface area contributed by atoms with Crippen molar-refractivity contribution in [1.82, 2.24) is 15.5 Å². The number of hydrogen-bond donors (Lipinski definition) is 2. The van der Waals surface area contributed by atoms with Crippen LogP contribution in [0, 0.1) is 0 Å². The SMILES string of the molecule is CNC(=O)c1sc2ccccc2c1[C@H]1CCN(CC(=O)NC2CCCCC2)C1. The maximum Gasteiger partial charge on any atom is 0.261 e. The number of nitrogens with zero attached hydrogens (tertiary/aromatic N) is 1. The molecule has 2 N–H and O–H groups in total. The lowest BCUT2D eigenvalue weighted by molar-refractivity contribution is -0.122. The first-order chi connectivity index (χ1) is 13.7. The van der Waals surface area contributed by atoms with Crippen LogP contribution in [0.25, 0.3) is 10.1 Å². The Morgan fingerprint density at radius 2 is 1.93 bits per heavy atom. The molecule has 1 saturated carbocycles. The van der Waals surface area contributed by atoms with Gasteiger partial charge in [0.05, 0.1) is 11.4 Å². The smallest absolute Gasteiger partial charge is 0.261 e. The lowest BCUT2D eigenvalue weighted by Gasteiger charge is -2.24. The predicted octanol–water partition coefficient (Wildman–Crippen LogP) is 3.50. The van der Waals surface area contributed by atoms with Crippen molar-refractivity contribution in [2.45, 2.75) is 50.5 Å². The van der Waals surface area contributed by atoms with E-state index in [1.807, 2.05) is 12.1 Å². The Morgan fingerprint density at radius 3 is 2.71 bits per heavy atom. The number of nitrogens with one attached hydrogen (secondary N) is 2. The highest BCUT2D eigenvalue weighted by atomic mass is 32.1. The summed E-state index contributed by atoms with van der Waals surface area (Å²) in [4.78, 5) is 28.0. The van der Waals surface area contributed by atoms with E-state index in [-0.39, 0.29) is 11.8 Å². The number of carbonyl (C=O) groups is 2. The molecule has 4 rings (SSSR count). The zero-order valence-corrected chi connectivity index (χ0v) is 17.3. The normalized spacial score (nSPS) is 21.1. The fourth-order valence-corrected chi connectivity index (χ4v) is 5.92. The second-order valence-corrected chi connectivity index (χ2v) is 9.10. The van der Waals surface area contributed by atoms with Crippen LogP contribution in [0.5, 0.6) is 0 Å². The number of amides is 2. The zero-order chi connectivity index (χ0) is 19.5. The van der Waals surface area contributed by atoms with Gasteiger partial charge >= 0.3 is 0 Å². The first kappa shape index (κ1) is 19.4. The van der Waals surface area contributed by atoms with Crippen molar-refractivity contribution in [3.05, 3.63) is 34.7 Å². The molecule has 1 aliphatic heterocycles. The maximum atomic E-state index is 12.5. The summed E-state index contributed by atoms with van der Waals surface area (Å²) in [5, 5.41) is 7.19. The summed E-state index contributed by atoms with van der Waals surface area (Å²) < 4.78 is 1.16. The number of likely N-dealkylation sites (tertiary alicyclic amines) is 1. The standard InChI is InChI=1S/C22H29N3O2S/c1-23-22(27)21-20(17-9-5-6-10-18(17)28-21)15-11-12-25(13-15)14-19(26)24-16-7-3-2-4-8-16/h5-6,9-10,15-16H,2-4,7-8,11-14H2,1H3,(H,23,27)(H,24,26)/t15-/m0/s1. The minimum absolute atomic E-state index is 0.00954. The van der Waals surface area contributed by atoms with E-state index in [1.54, 1.807) is 18.4 Å². The van der Waals surface area contributed by atoms with Gasteiger partial charge in [-0.25, -0.2) is 0 Å². The summed E-state index contributed by atoms with van der Waals surface area (Å²) >= 11 is 1.57. The third-order valence-corrected chi connectivity index (χ3v) is 7.27. The van der Waals surface area contributed by atoms with Gasteiger partial charge in [0.1, 0.15) is 0 Å². The summed E-state index contributed by atoms with van der Waals surface area (Å²) in [6.07, 6.45) is 6.97. The van der Waals surface area contributed by atoms with E-state index >= 15 is 0 Å². The van der Waals surface area contributed by atoms with E-state index in [0.29, 0.717) is 18.5 Å². The second-order valence-electron chi connectivity index (χ2n) is 8.04. The van der Waals surface area contributed by atoms with Gasteiger partial charge in [0.25, 0.3) is 5.91 Å². The Bertz CT molecular complexity index is 857. The summed E-state index contributed by atoms with van der Waals surface area (Å²) in [5.41, 5.74) is 1.16. The van der Waals surface area contributed by atoms with Gasteiger partial charge in [-0.3, -0.25) is 14.5 Å². The van der Waals surface area contributed by atoms with Crippen LogP contribution >= 0.6 is 11.3 Å². The van der Waals surface area contributed by atoms with Crippen LogP contribution in [0.15, 0.2) is 24.3 Å². The first-order valence-corrected chi connectivity index (χ1v) is 11.2. The molecule has 2 aromatic rings. The lowest BCUT2D eigenvalue weighted by atomic mass is 9.95. The van der Waals surface area contributed by atoms with Crippen molar-refractivity contribution < 1.29 is 9.59 Å². The zero-order valence-electron chi connectivity index (χ0n) is 16.5. The topological polar surface area (TPSA) is 61.4 Å². The molecule has 2 amide bonds. The minimum atomic E-state index is -0.00954. The van der Waals surface area contributed by atoms with E-state index in [2.05, 4.69) is 27.7 Å². The maximum absolute atomic E-state index is 12.5. The van der Waals surface area contributed by atoms with Gasteiger partial charge in [0.15, 0.2) is 0 Å². The van der Waals surface area contributed by atoms with Gasteiger partial charge in [-0.1, -0.05) is 37.5 Å². The van der Waals surface area contributed by atoms with Crippen LogP contribution in [0.1, 0.15) is 59.7 Å². The molecule has 1 aliphatic carbocycles. The average molecular weight is 400 g/mol. The molecule has 28 heavy (non-hydrogen) atoms. The molecule has 2 heterocycles. The largest absolute Gasteiger partial charge is 0.354 e. The fraction of sp³-hybridized carbons (Fsp3) is 0.545. The number of thiophene rings is 1.